The van der Waals surface area contributed by atoms with Crippen LogP contribution in [-0.4, -0.2) is 16.2 Å². The summed E-state index contributed by atoms with van der Waals surface area (Å²) in [6.45, 7) is 1.27. The van der Waals surface area contributed by atoms with Gasteiger partial charge in [-0.3, -0.25) is 0 Å². The van der Waals surface area contributed by atoms with Crippen LogP contribution in [0.3, 0.4) is 0 Å². The lowest BCUT2D eigenvalue weighted by atomic mass is 10.1. The van der Waals surface area contributed by atoms with Gasteiger partial charge < -0.3 is 11.1 Å². The van der Waals surface area contributed by atoms with Gasteiger partial charge in [0.2, 0.25) is 0 Å². The summed E-state index contributed by atoms with van der Waals surface area (Å²) in [6, 6.07) is 10.1. The van der Waals surface area contributed by atoms with Crippen LogP contribution < -0.4 is 11.1 Å². The summed E-state index contributed by atoms with van der Waals surface area (Å²) in [6.07, 6.45) is 3.57. The minimum absolute atomic E-state index is 0.553. The second kappa shape index (κ2) is 6.37. The zero-order valence-corrected chi connectivity index (χ0v) is 11.1. The summed E-state index contributed by atoms with van der Waals surface area (Å²) >= 11 is 1.60. The molecule has 0 unspecified atom stereocenters. The van der Waals surface area contributed by atoms with Crippen molar-refractivity contribution in [3.05, 3.63) is 47.8 Å². The van der Waals surface area contributed by atoms with E-state index >= 15 is 0 Å². The van der Waals surface area contributed by atoms with Gasteiger partial charge in [-0.2, -0.15) is 0 Å². The van der Waals surface area contributed by atoms with Gasteiger partial charge in [0.15, 0.2) is 0 Å². The molecule has 2 aromatic rings. The Labute approximate surface area is 111 Å². The molecule has 1 aromatic heterocycles. The summed E-state index contributed by atoms with van der Waals surface area (Å²) in [4.78, 5) is 8.33. The van der Waals surface area contributed by atoms with E-state index in [1.807, 2.05) is 30.5 Å². The zero-order valence-electron chi connectivity index (χ0n) is 10.3. The molecule has 1 aromatic carbocycles. The largest absolute Gasteiger partial charge is 0.366 e. The molecule has 0 aliphatic carbocycles. The van der Waals surface area contributed by atoms with Gasteiger partial charge in [0, 0.05) is 19.2 Å². The maximum absolute atomic E-state index is 5.71. The first kappa shape index (κ1) is 12.9. The molecule has 0 saturated heterocycles. The third kappa shape index (κ3) is 3.21. The minimum atomic E-state index is 0.553. The fourth-order valence-electron chi connectivity index (χ4n) is 1.66. The molecule has 0 aliphatic rings. The van der Waals surface area contributed by atoms with Crippen LogP contribution in [0.4, 0.5) is 5.82 Å². The van der Waals surface area contributed by atoms with Crippen LogP contribution in [0.1, 0.15) is 11.1 Å². The number of nitrogens with one attached hydrogen (secondary N) is 1. The van der Waals surface area contributed by atoms with E-state index in [0.717, 1.165) is 23.0 Å². The van der Waals surface area contributed by atoms with Crippen LogP contribution in [0, 0.1) is 0 Å². The highest BCUT2D eigenvalue weighted by Crippen LogP contribution is 2.15. The lowest BCUT2D eigenvalue weighted by Crippen LogP contribution is -2.07. The molecule has 5 heteroatoms. The van der Waals surface area contributed by atoms with Crippen LogP contribution in [0.5, 0.6) is 0 Å². The molecule has 0 fully saturated rings. The number of aromatic nitrogens is 2. The van der Waals surface area contributed by atoms with Gasteiger partial charge in [0.25, 0.3) is 0 Å². The Balaban J connectivity index is 2.06. The maximum atomic E-state index is 5.71. The van der Waals surface area contributed by atoms with E-state index in [0.29, 0.717) is 6.54 Å². The predicted octanol–water partition coefficient (Wildman–Crippen LogP) is 2.27. The normalized spacial score (nSPS) is 10.3. The molecule has 0 atom stereocenters. The summed E-state index contributed by atoms with van der Waals surface area (Å²) in [5.41, 5.74) is 8.06. The molecule has 0 aliphatic heterocycles. The van der Waals surface area contributed by atoms with Crippen molar-refractivity contribution in [3.63, 3.8) is 0 Å². The van der Waals surface area contributed by atoms with Crippen LogP contribution in [0.15, 0.2) is 41.7 Å². The Bertz CT molecular complexity index is 516. The first-order chi connectivity index (χ1) is 8.83. The fourth-order valence-corrected chi connectivity index (χ4v) is 2.04. The molecule has 0 radical (unpaired) electrons. The Morgan fingerprint density at radius 3 is 2.72 bits per heavy atom. The van der Waals surface area contributed by atoms with Crippen LogP contribution >= 0.6 is 11.8 Å². The molecular formula is C13H16N4S. The van der Waals surface area contributed by atoms with E-state index in [2.05, 4.69) is 21.4 Å². The van der Waals surface area contributed by atoms with Crippen molar-refractivity contribution in [3.8, 4) is 0 Å². The number of hydrogen-bond donors (Lipinski definition) is 2. The summed E-state index contributed by atoms with van der Waals surface area (Å²) < 4.78 is 0. The van der Waals surface area contributed by atoms with Gasteiger partial charge in [-0.05, 0) is 17.4 Å². The van der Waals surface area contributed by atoms with Crippen LogP contribution in [-0.2, 0) is 13.1 Å². The summed E-state index contributed by atoms with van der Waals surface area (Å²) in [7, 11) is 0. The number of nitrogens with two attached hydrogens (primary N) is 1. The van der Waals surface area contributed by atoms with E-state index in [1.165, 1.54) is 5.56 Å². The number of benzene rings is 1. The maximum Gasteiger partial charge on any atom is 0.130 e. The molecule has 18 heavy (non-hydrogen) atoms. The summed E-state index contributed by atoms with van der Waals surface area (Å²) in [5.74, 6) is 0.834. The SMILES string of the molecule is CSc1cc(NCc2ccccc2CN)ncn1. The van der Waals surface area contributed by atoms with E-state index in [9.17, 15) is 0 Å². The van der Waals surface area contributed by atoms with Gasteiger partial charge in [-0.1, -0.05) is 24.3 Å². The Hall–Kier alpha value is -1.59. The lowest BCUT2D eigenvalue weighted by molar-refractivity contribution is 0.985. The molecule has 0 amide bonds. The number of anilines is 1. The highest BCUT2D eigenvalue weighted by molar-refractivity contribution is 7.98. The van der Waals surface area contributed by atoms with Crippen molar-refractivity contribution >= 4 is 17.6 Å². The van der Waals surface area contributed by atoms with Crippen molar-refractivity contribution in [2.24, 2.45) is 5.73 Å². The summed E-state index contributed by atoms with van der Waals surface area (Å²) in [5, 5.41) is 4.25. The average molecular weight is 260 g/mol. The second-order valence-electron chi connectivity index (χ2n) is 3.77. The van der Waals surface area contributed by atoms with Gasteiger partial charge in [0.05, 0.1) is 0 Å². The van der Waals surface area contributed by atoms with E-state index in [-0.39, 0.29) is 0 Å². The number of thioether (sulfide) groups is 1. The molecule has 0 bridgehead atoms. The third-order valence-electron chi connectivity index (χ3n) is 2.65. The second-order valence-corrected chi connectivity index (χ2v) is 4.60. The van der Waals surface area contributed by atoms with Crippen molar-refractivity contribution in [2.75, 3.05) is 11.6 Å². The van der Waals surface area contributed by atoms with Gasteiger partial charge in [-0.15, -0.1) is 11.8 Å². The Kier molecular flexibility index (Phi) is 4.55. The molecule has 0 saturated carbocycles. The van der Waals surface area contributed by atoms with Crippen molar-refractivity contribution in [2.45, 2.75) is 18.1 Å². The quantitative estimate of drug-likeness (QED) is 0.638. The predicted molar refractivity (Wildman–Crippen MR) is 75.5 cm³/mol. The standard InChI is InChI=1S/C13H16N4S/c1-18-13-6-12(16-9-17-13)15-8-11-5-3-2-4-10(11)7-14/h2-6,9H,7-8,14H2,1H3,(H,15,16,17). The minimum Gasteiger partial charge on any atom is -0.366 e. The van der Waals surface area contributed by atoms with Crippen LogP contribution in [0.2, 0.25) is 0 Å². The monoisotopic (exact) mass is 260 g/mol. The van der Waals surface area contributed by atoms with Crippen molar-refractivity contribution in [1.82, 2.24) is 9.97 Å². The molecule has 3 N–H and O–H groups in total. The van der Waals surface area contributed by atoms with Crippen molar-refractivity contribution in [1.29, 1.82) is 0 Å². The van der Waals surface area contributed by atoms with Crippen molar-refractivity contribution < 1.29 is 0 Å². The fraction of sp³-hybridized carbons (Fsp3) is 0.231. The Morgan fingerprint density at radius 2 is 2.00 bits per heavy atom. The number of nitrogens with zero attached hydrogens (tertiary/aromatic N) is 2. The lowest BCUT2D eigenvalue weighted by Gasteiger charge is -2.09. The van der Waals surface area contributed by atoms with Crippen LogP contribution in [0.25, 0.3) is 0 Å². The highest BCUT2D eigenvalue weighted by Gasteiger charge is 2.01. The average Bonchev–Trinajstić information content (AvgIpc) is 2.45. The topological polar surface area (TPSA) is 63.8 Å². The van der Waals surface area contributed by atoms with Gasteiger partial charge >= 0.3 is 0 Å². The van der Waals surface area contributed by atoms with E-state index in [4.69, 9.17) is 5.73 Å². The molecular weight excluding hydrogens is 244 g/mol. The van der Waals surface area contributed by atoms with E-state index < -0.39 is 0 Å². The number of hydrogen-bond acceptors (Lipinski definition) is 5. The third-order valence-corrected chi connectivity index (χ3v) is 3.29. The first-order valence-electron chi connectivity index (χ1n) is 5.70. The molecule has 1 heterocycles. The molecule has 2 rings (SSSR count). The zero-order chi connectivity index (χ0) is 12.8. The molecule has 0 spiro atoms. The highest BCUT2D eigenvalue weighted by atomic mass is 32.2. The van der Waals surface area contributed by atoms with E-state index in [1.54, 1.807) is 18.1 Å². The smallest absolute Gasteiger partial charge is 0.130 e. The molecule has 94 valence electrons. The molecule has 4 nitrogen and oxygen atoms in total. The van der Waals surface area contributed by atoms with Gasteiger partial charge in [0.1, 0.15) is 17.2 Å². The Morgan fingerprint density at radius 1 is 1.22 bits per heavy atom. The van der Waals surface area contributed by atoms with Gasteiger partial charge in [-0.25, -0.2) is 9.97 Å². The number of rotatable bonds is 5. The first-order valence-corrected chi connectivity index (χ1v) is 6.92.